The molecule has 0 saturated carbocycles. The number of urea groups is 1. The molecule has 2 aliphatic heterocycles. The average molecular weight is 461 g/mol. The Bertz CT molecular complexity index is 914. The van der Waals surface area contributed by atoms with Crippen LogP contribution in [0, 0.1) is 0 Å². The molecule has 0 radical (unpaired) electrons. The Morgan fingerprint density at radius 1 is 1.12 bits per heavy atom. The minimum absolute atomic E-state index is 0.0352. The van der Waals surface area contributed by atoms with Crippen molar-refractivity contribution in [1.82, 2.24) is 15.1 Å². The van der Waals surface area contributed by atoms with Gasteiger partial charge in [0.1, 0.15) is 24.2 Å². The van der Waals surface area contributed by atoms with Gasteiger partial charge in [-0.05, 0) is 30.7 Å². The summed E-state index contributed by atoms with van der Waals surface area (Å²) < 4.78 is 12.6. The quantitative estimate of drug-likeness (QED) is 0.381. The van der Waals surface area contributed by atoms with Crippen LogP contribution in [0.4, 0.5) is 4.79 Å². The number of amides is 3. The Kier molecular flexibility index (Phi) is 8.26. The lowest BCUT2D eigenvalue weighted by molar-refractivity contribution is -0.545. The monoisotopic (exact) mass is 460 g/mol. The molecule has 33 heavy (non-hydrogen) atoms. The molecule has 1 aromatic carbocycles. The zero-order valence-corrected chi connectivity index (χ0v) is 19.8. The molecular formula is C23H34N5O5+. The Balaban J connectivity index is 1.71. The number of β-amino-alcohol motifs (C(OH)–C–C–N with tert-alkyl or cyclic N) is 1. The van der Waals surface area contributed by atoms with Crippen LogP contribution in [0.3, 0.4) is 0 Å². The summed E-state index contributed by atoms with van der Waals surface area (Å²) in [4.78, 5) is 32.3. The molecular weight excluding hydrogens is 426 g/mol. The van der Waals surface area contributed by atoms with E-state index in [1.54, 1.807) is 43.0 Å². The van der Waals surface area contributed by atoms with Crippen molar-refractivity contribution in [3.63, 3.8) is 0 Å². The minimum atomic E-state index is -0.889. The fraction of sp³-hybridized carbons (Fsp3) is 0.565. The first-order chi connectivity index (χ1) is 15.9. The number of fused-ring (bicyclic) bond motifs is 1. The van der Waals surface area contributed by atoms with Crippen molar-refractivity contribution in [3.8, 4) is 11.5 Å². The Morgan fingerprint density at radius 3 is 2.48 bits per heavy atom. The maximum absolute atomic E-state index is 12.9. The highest BCUT2D eigenvalue weighted by molar-refractivity contribution is 6.22. The summed E-state index contributed by atoms with van der Waals surface area (Å²) in [6.45, 7) is 3.00. The van der Waals surface area contributed by atoms with Gasteiger partial charge in [-0.3, -0.25) is 19.9 Å². The number of benzene rings is 1. The Labute approximate surface area is 194 Å². The first-order valence-electron chi connectivity index (χ1n) is 11.3. The molecule has 180 valence electrons. The van der Waals surface area contributed by atoms with Crippen LogP contribution >= 0.6 is 0 Å². The van der Waals surface area contributed by atoms with Crippen LogP contribution in [0.5, 0.6) is 11.5 Å². The molecule has 3 rings (SSSR count). The van der Waals surface area contributed by atoms with Crippen molar-refractivity contribution in [3.05, 3.63) is 24.3 Å². The molecule has 2 atom stereocenters. The zero-order valence-electron chi connectivity index (χ0n) is 19.8. The van der Waals surface area contributed by atoms with E-state index < -0.39 is 18.2 Å². The van der Waals surface area contributed by atoms with Crippen LogP contribution in [-0.4, -0.2) is 96.3 Å². The SMILES string of the molecule is CCCCCCNC1=[N+](CC(O)COc2ccc(OC)cc2)C2C(=O)N(C)C(=O)N(C)C2=N1. The van der Waals surface area contributed by atoms with Gasteiger partial charge in [-0.25, -0.2) is 9.37 Å². The number of aliphatic imine (C=N–C) groups is 1. The number of amidine groups is 1. The molecule has 0 spiro atoms. The van der Waals surface area contributed by atoms with E-state index in [1.165, 1.54) is 11.9 Å². The first-order valence-corrected chi connectivity index (χ1v) is 11.3. The van der Waals surface area contributed by atoms with Gasteiger partial charge >= 0.3 is 12.0 Å². The smallest absolute Gasteiger partial charge is 0.390 e. The van der Waals surface area contributed by atoms with Crippen LogP contribution < -0.4 is 14.8 Å². The van der Waals surface area contributed by atoms with Gasteiger partial charge in [0.2, 0.25) is 11.9 Å². The summed E-state index contributed by atoms with van der Waals surface area (Å²) in [5.41, 5.74) is 0. The van der Waals surface area contributed by atoms with E-state index in [9.17, 15) is 14.7 Å². The second-order valence-corrected chi connectivity index (χ2v) is 8.22. The molecule has 10 heteroatoms. The lowest BCUT2D eigenvalue weighted by Gasteiger charge is -2.32. The van der Waals surface area contributed by atoms with Gasteiger partial charge in [-0.2, -0.15) is 0 Å². The van der Waals surface area contributed by atoms with E-state index >= 15 is 0 Å². The summed E-state index contributed by atoms with van der Waals surface area (Å²) in [7, 11) is 4.64. The van der Waals surface area contributed by atoms with Crippen molar-refractivity contribution >= 4 is 23.7 Å². The number of nitrogens with one attached hydrogen (secondary N) is 1. The topological polar surface area (TPSA) is 107 Å². The number of hydrogen-bond donors (Lipinski definition) is 2. The molecule has 10 nitrogen and oxygen atoms in total. The molecule has 2 N–H and O–H groups in total. The van der Waals surface area contributed by atoms with Gasteiger partial charge in [0.25, 0.3) is 5.91 Å². The molecule has 2 heterocycles. The van der Waals surface area contributed by atoms with Gasteiger partial charge in [-0.1, -0.05) is 31.2 Å². The van der Waals surface area contributed by atoms with Crippen LogP contribution in [0.1, 0.15) is 32.6 Å². The molecule has 1 aromatic rings. The maximum atomic E-state index is 12.9. The van der Waals surface area contributed by atoms with Gasteiger partial charge in [0.15, 0.2) is 0 Å². The summed E-state index contributed by atoms with van der Waals surface area (Å²) in [5, 5.41) is 14.0. The third-order valence-corrected chi connectivity index (χ3v) is 5.75. The molecule has 1 fully saturated rings. The lowest BCUT2D eigenvalue weighted by atomic mass is 10.1. The maximum Gasteiger partial charge on any atom is 0.390 e. The Hall–Kier alpha value is -3.14. The molecule has 1 saturated heterocycles. The average Bonchev–Trinajstić information content (AvgIpc) is 3.18. The summed E-state index contributed by atoms with van der Waals surface area (Å²) in [6, 6.07) is 5.88. The summed E-state index contributed by atoms with van der Waals surface area (Å²) >= 11 is 0. The van der Waals surface area contributed by atoms with Crippen molar-refractivity contribution in [2.24, 2.45) is 4.99 Å². The number of nitrogens with zero attached hydrogens (tertiary/aromatic N) is 4. The molecule has 3 amide bonds. The normalized spacial score (nSPS) is 18.9. The van der Waals surface area contributed by atoms with E-state index in [-0.39, 0.29) is 19.1 Å². The number of carbonyl (C=O) groups is 2. The van der Waals surface area contributed by atoms with E-state index in [0.29, 0.717) is 29.8 Å². The van der Waals surface area contributed by atoms with Gasteiger partial charge in [-0.15, -0.1) is 0 Å². The highest BCUT2D eigenvalue weighted by atomic mass is 16.5. The van der Waals surface area contributed by atoms with Crippen LogP contribution in [-0.2, 0) is 4.79 Å². The van der Waals surface area contributed by atoms with Crippen LogP contribution in [0.15, 0.2) is 29.3 Å². The number of rotatable bonds is 11. The number of imide groups is 1. The highest BCUT2D eigenvalue weighted by Gasteiger charge is 2.51. The van der Waals surface area contributed by atoms with E-state index in [1.807, 2.05) is 0 Å². The number of guanidine groups is 1. The van der Waals surface area contributed by atoms with Gasteiger partial charge in [0, 0.05) is 14.1 Å². The van der Waals surface area contributed by atoms with Crippen LogP contribution in [0.2, 0.25) is 0 Å². The van der Waals surface area contributed by atoms with E-state index in [0.717, 1.165) is 30.6 Å². The predicted octanol–water partition coefficient (Wildman–Crippen LogP) is 1.28. The second kappa shape index (κ2) is 11.1. The largest absolute Gasteiger partial charge is 0.497 e. The number of aliphatic hydroxyl groups excluding tert-OH is 1. The summed E-state index contributed by atoms with van der Waals surface area (Å²) in [6.07, 6.45) is 3.46. The number of methoxy groups -OCH3 is 1. The Morgan fingerprint density at radius 2 is 1.82 bits per heavy atom. The number of unbranched alkanes of at least 4 members (excludes halogenated alkanes) is 3. The number of carbonyl (C=O) groups excluding carboxylic acids is 2. The predicted molar refractivity (Wildman–Crippen MR) is 124 cm³/mol. The molecule has 0 bridgehead atoms. The van der Waals surface area contributed by atoms with Crippen molar-refractivity contribution < 1.29 is 28.7 Å². The second-order valence-electron chi connectivity index (χ2n) is 8.22. The molecule has 2 unspecified atom stereocenters. The standard InChI is InChI=1S/C23H33N5O5/c1-5-6-7-8-13-24-22-25-20-19(21(30)27(3)23(31)26(20)2)28(22)14-16(29)15-33-18-11-9-17(32-4)10-12-18/h9-12,16,19,29H,5-8,13-15H2,1-4H3/p+1. The number of likely N-dealkylation sites (N-methyl/N-ethyl adjacent to an activating group) is 2. The molecule has 2 aliphatic rings. The number of hydrogen-bond acceptors (Lipinski definition) is 7. The number of aliphatic hydroxyl groups is 1. The van der Waals surface area contributed by atoms with Gasteiger partial charge in [0.05, 0.1) is 20.2 Å². The summed E-state index contributed by atoms with van der Waals surface area (Å²) in [5.74, 6) is 1.79. The zero-order chi connectivity index (χ0) is 24.0. The van der Waals surface area contributed by atoms with E-state index in [2.05, 4.69) is 17.2 Å². The van der Waals surface area contributed by atoms with Crippen molar-refractivity contribution in [2.75, 3.05) is 40.9 Å². The fourth-order valence-electron chi connectivity index (χ4n) is 3.83. The fourth-order valence-corrected chi connectivity index (χ4v) is 3.83. The van der Waals surface area contributed by atoms with Gasteiger partial charge < -0.3 is 14.6 Å². The minimum Gasteiger partial charge on any atom is -0.497 e. The number of ether oxygens (including phenoxy) is 2. The highest BCUT2D eigenvalue weighted by Crippen LogP contribution is 2.20. The lowest BCUT2D eigenvalue weighted by Crippen LogP contribution is -2.62. The van der Waals surface area contributed by atoms with Crippen molar-refractivity contribution in [1.29, 1.82) is 0 Å². The third kappa shape index (κ3) is 5.62. The van der Waals surface area contributed by atoms with Crippen molar-refractivity contribution in [2.45, 2.75) is 44.8 Å². The third-order valence-electron chi connectivity index (χ3n) is 5.75. The van der Waals surface area contributed by atoms with Crippen LogP contribution in [0.25, 0.3) is 0 Å². The molecule has 0 aromatic heterocycles. The van der Waals surface area contributed by atoms with E-state index in [4.69, 9.17) is 9.47 Å². The first kappa shape index (κ1) is 24.5. The molecule has 0 aliphatic carbocycles.